The lowest BCUT2D eigenvalue weighted by molar-refractivity contribution is 0.0501. The van der Waals surface area contributed by atoms with Gasteiger partial charge < -0.3 is 15.8 Å². The molecule has 0 saturated heterocycles. The number of hydrogen-bond donors (Lipinski definition) is 2. The normalized spacial score (nSPS) is 9.89. The SMILES string of the molecule is Cc1ccc(C(=O)OCCCNC(N)=O)c(C)c1. The predicted molar refractivity (Wildman–Crippen MR) is 68.4 cm³/mol. The smallest absolute Gasteiger partial charge is 0.338 e. The van der Waals surface area contributed by atoms with Crippen molar-refractivity contribution in [2.24, 2.45) is 5.73 Å². The Kier molecular flexibility index (Phi) is 5.17. The summed E-state index contributed by atoms with van der Waals surface area (Å²) in [7, 11) is 0. The maximum Gasteiger partial charge on any atom is 0.338 e. The van der Waals surface area contributed by atoms with Crippen LogP contribution in [0.25, 0.3) is 0 Å². The van der Waals surface area contributed by atoms with Gasteiger partial charge >= 0.3 is 12.0 Å². The van der Waals surface area contributed by atoms with Crippen LogP contribution in [0, 0.1) is 13.8 Å². The zero-order valence-electron chi connectivity index (χ0n) is 10.7. The molecule has 5 heteroatoms. The van der Waals surface area contributed by atoms with Crippen molar-refractivity contribution in [1.82, 2.24) is 5.32 Å². The van der Waals surface area contributed by atoms with E-state index in [1.807, 2.05) is 26.0 Å². The highest BCUT2D eigenvalue weighted by atomic mass is 16.5. The summed E-state index contributed by atoms with van der Waals surface area (Å²) < 4.78 is 5.10. The van der Waals surface area contributed by atoms with Gasteiger partial charge in [0.25, 0.3) is 0 Å². The average Bonchev–Trinajstić information content (AvgIpc) is 2.27. The van der Waals surface area contributed by atoms with Gasteiger partial charge in [0.2, 0.25) is 0 Å². The lowest BCUT2D eigenvalue weighted by atomic mass is 10.1. The van der Waals surface area contributed by atoms with Crippen molar-refractivity contribution in [2.75, 3.05) is 13.2 Å². The van der Waals surface area contributed by atoms with Crippen LogP contribution in [0.4, 0.5) is 4.79 Å². The predicted octanol–water partition coefficient (Wildman–Crippen LogP) is 1.52. The summed E-state index contributed by atoms with van der Waals surface area (Å²) in [6.07, 6.45) is 0.541. The molecule has 5 nitrogen and oxygen atoms in total. The number of urea groups is 1. The van der Waals surface area contributed by atoms with Gasteiger partial charge in [0.1, 0.15) is 0 Å². The van der Waals surface area contributed by atoms with Gasteiger partial charge in [-0.15, -0.1) is 0 Å². The minimum absolute atomic E-state index is 0.256. The topological polar surface area (TPSA) is 81.4 Å². The van der Waals surface area contributed by atoms with E-state index in [-0.39, 0.29) is 12.6 Å². The molecule has 2 amide bonds. The zero-order valence-corrected chi connectivity index (χ0v) is 10.7. The number of esters is 1. The van der Waals surface area contributed by atoms with Crippen LogP contribution in [0.2, 0.25) is 0 Å². The first-order chi connectivity index (χ1) is 8.50. The molecule has 0 saturated carbocycles. The Morgan fingerprint density at radius 3 is 2.67 bits per heavy atom. The molecule has 0 aliphatic rings. The number of carbonyl (C=O) groups excluding carboxylic acids is 2. The van der Waals surface area contributed by atoms with Crippen LogP contribution in [0.1, 0.15) is 27.9 Å². The Morgan fingerprint density at radius 2 is 2.06 bits per heavy atom. The third-order valence-electron chi connectivity index (χ3n) is 2.46. The van der Waals surface area contributed by atoms with Gasteiger partial charge in [-0.05, 0) is 31.9 Å². The van der Waals surface area contributed by atoms with E-state index >= 15 is 0 Å². The standard InChI is InChI=1S/C13H18N2O3/c1-9-4-5-11(10(2)8-9)12(16)18-7-3-6-15-13(14)17/h4-5,8H,3,6-7H2,1-2H3,(H3,14,15,17). The van der Waals surface area contributed by atoms with Crippen LogP contribution >= 0.6 is 0 Å². The molecule has 0 aromatic heterocycles. The summed E-state index contributed by atoms with van der Waals surface area (Å²) in [6.45, 7) is 4.50. The van der Waals surface area contributed by atoms with Gasteiger partial charge in [-0.3, -0.25) is 0 Å². The first-order valence-electron chi connectivity index (χ1n) is 5.78. The summed E-state index contributed by atoms with van der Waals surface area (Å²) in [6, 6.07) is 4.99. The maximum absolute atomic E-state index is 11.7. The van der Waals surface area contributed by atoms with Crippen molar-refractivity contribution in [3.05, 3.63) is 34.9 Å². The Morgan fingerprint density at radius 1 is 1.33 bits per heavy atom. The molecule has 18 heavy (non-hydrogen) atoms. The van der Waals surface area contributed by atoms with Gasteiger partial charge in [-0.1, -0.05) is 17.7 Å². The highest BCUT2D eigenvalue weighted by molar-refractivity contribution is 5.91. The minimum Gasteiger partial charge on any atom is -0.462 e. The molecule has 1 rings (SSSR count). The number of ether oxygens (including phenoxy) is 1. The first-order valence-corrected chi connectivity index (χ1v) is 5.78. The number of hydrogen-bond acceptors (Lipinski definition) is 3. The van der Waals surface area contributed by atoms with Crippen LogP contribution in [-0.4, -0.2) is 25.2 Å². The van der Waals surface area contributed by atoms with Gasteiger partial charge in [0.05, 0.1) is 12.2 Å². The average molecular weight is 250 g/mol. The molecular weight excluding hydrogens is 232 g/mol. The van der Waals surface area contributed by atoms with E-state index in [0.29, 0.717) is 18.5 Å². The van der Waals surface area contributed by atoms with Gasteiger partial charge in [0.15, 0.2) is 0 Å². The molecule has 0 spiro atoms. The summed E-state index contributed by atoms with van der Waals surface area (Å²) in [5, 5.41) is 2.43. The van der Waals surface area contributed by atoms with Crippen molar-refractivity contribution in [3.63, 3.8) is 0 Å². The van der Waals surface area contributed by atoms with E-state index in [2.05, 4.69) is 5.32 Å². The fraction of sp³-hybridized carbons (Fsp3) is 0.385. The number of aryl methyl sites for hydroxylation is 2. The molecule has 0 fully saturated rings. The van der Waals surface area contributed by atoms with E-state index in [0.717, 1.165) is 11.1 Å². The van der Waals surface area contributed by atoms with Crippen LogP contribution < -0.4 is 11.1 Å². The number of benzene rings is 1. The largest absolute Gasteiger partial charge is 0.462 e. The van der Waals surface area contributed by atoms with Crippen LogP contribution in [-0.2, 0) is 4.74 Å². The molecule has 0 atom stereocenters. The maximum atomic E-state index is 11.7. The molecule has 0 aliphatic carbocycles. The molecule has 0 heterocycles. The fourth-order valence-corrected chi connectivity index (χ4v) is 1.57. The summed E-state index contributed by atoms with van der Waals surface area (Å²) >= 11 is 0. The number of nitrogens with two attached hydrogens (primary N) is 1. The van der Waals surface area contributed by atoms with Crippen molar-refractivity contribution in [3.8, 4) is 0 Å². The molecule has 0 radical (unpaired) electrons. The summed E-state index contributed by atoms with van der Waals surface area (Å²) in [5.41, 5.74) is 7.48. The number of rotatable bonds is 5. The third kappa shape index (κ3) is 4.45. The lowest BCUT2D eigenvalue weighted by Gasteiger charge is -2.08. The molecule has 0 unspecified atom stereocenters. The molecule has 0 bridgehead atoms. The Hall–Kier alpha value is -2.04. The Labute approximate surface area is 106 Å². The molecule has 1 aromatic rings. The van der Waals surface area contributed by atoms with Crippen molar-refractivity contribution >= 4 is 12.0 Å². The van der Waals surface area contributed by atoms with E-state index in [1.165, 1.54) is 0 Å². The number of carbonyl (C=O) groups is 2. The highest BCUT2D eigenvalue weighted by Gasteiger charge is 2.09. The Balaban J connectivity index is 2.39. The van der Waals surface area contributed by atoms with Crippen LogP contribution in [0.15, 0.2) is 18.2 Å². The van der Waals surface area contributed by atoms with Crippen molar-refractivity contribution in [2.45, 2.75) is 20.3 Å². The summed E-state index contributed by atoms with van der Waals surface area (Å²) in [5.74, 6) is -0.341. The van der Waals surface area contributed by atoms with Crippen molar-refractivity contribution < 1.29 is 14.3 Å². The number of nitrogens with one attached hydrogen (secondary N) is 1. The second kappa shape index (κ2) is 6.64. The molecule has 0 aliphatic heterocycles. The highest BCUT2D eigenvalue weighted by Crippen LogP contribution is 2.11. The van der Waals surface area contributed by atoms with E-state index in [1.54, 1.807) is 6.07 Å². The molecule has 98 valence electrons. The van der Waals surface area contributed by atoms with Crippen LogP contribution in [0.5, 0.6) is 0 Å². The van der Waals surface area contributed by atoms with Crippen molar-refractivity contribution in [1.29, 1.82) is 0 Å². The quantitative estimate of drug-likeness (QED) is 0.614. The third-order valence-corrected chi connectivity index (χ3v) is 2.46. The van der Waals surface area contributed by atoms with Gasteiger partial charge in [-0.25, -0.2) is 9.59 Å². The lowest BCUT2D eigenvalue weighted by Crippen LogP contribution is -2.30. The zero-order chi connectivity index (χ0) is 13.5. The fourth-order valence-electron chi connectivity index (χ4n) is 1.57. The van der Waals surface area contributed by atoms with Crippen LogP contribution in [0.3, 0.4) is 0 Å². The Bertz CT molecular complexity index is 444. The second-order valence-corrected chi connectivity index (χ2v) is 4.10. The van der Waals surface area contributed by atoms with E-state index < -0.39 is 6.03 Å². The summed E-state index contributed by atoms with van der Waals surface area (Å²) in [4.78, 5) is 22.1. The molecule has 1 aromatic carbocycles. The van der Waals surface area contributed by atoms with E-state index in [9.17, 15) is 9.59 Å². The first kappa shape index (κ1) is 14.0. The molecule has 3 N–H and O–H groups in total. The molecular formula is C13H18N2O3. The van der Waals surface area contributed by atoms with Gasteiger partial charge in [-0.2, -0.15) is 0 Å². The monoisotopic (exact) mass is 250 g/mol. The second-order valence-electron chi connectivity index (χ2n) is 4.10. The minimum atomic E-state index is -0.573. The van der Waals surface area contributed by atoms with Gasteiger partial charge in [0, 0.05) is 6.54 Å². The number of primary amides is 1. The van der Waals surface area contributed by atoms with E-state index in [4.69, 9.17) is 10.5 Å². The number of amides is 2.